The van der Waals surface area contributed by atoms with Gasteiger partial charge in [0.25, 0.3) is 0 Å². The number of thiophene rings is 1. The zero-order valence-corrected chi connectivity index (χ0v) is 12.6. The highest BCUT2D eigenvalue weighted by molar-refractivity contribution is 7.10. The number of carbonyl (C=O) groups is 1. The average Bonchev–Trinajstić information content (AvgIpc) is 2.99. The third-order valence-corrected chi connectivity index (χ3v) is 3.71. The first-order valence-corrected chi connectivity index (χ1v) is 7.15. The van der Waals surface area contributed by atoms with Crippen LogP contribution in [0.2, 0.25) is 0 Å². The number of hydrogen-bond acceptors (Lipinski definition) is 5. The van der Waals surface area contributed by atoms with E-state index < -0.39 is 5.97 Å². The van der Waals surface area contributed by atoms with Crippen LogP contribution in [-0.4, -0.2) is 26.0 Å². The SMILES string of the molecule is COC(=O)c1ccc(OC)c(NC(=N)Cc2cccs2)c1. The summed E-state index contributed by atoms with van der Waals surface area (Å²) >= 11 is 1.60. The second-order valence-corrected chi connectivity index (χ2v) is 5.30. The molecule has 2 aromatic rings. The van der Waals surface area contributed by atoms with E-state index in [1.807, 2.05) is 17.5 Å². The number of methoxy groups -OCH3 is 2. The number of ether oxygens (including phenoxy) is 2. The van der Waals surface area contributed by atoms with Crippen molar-refractivity contribution in [2.24, 2.45) is 0 Å². The smallest absolute Gasteiger partial charge is 0.337 e. The van der Waals surface area contributed by atoms with Crippen LogP contribution in [-0.2, 0) is 11.2 Å². The fourth-order valence-electron chi connectivity index (χ4n) is 1.84. The lowest BCUT2D eigenvalue weighted by atomic mass is 10.1. The van der Waals surface area contributed by atoms with Gasteiger partial charge in [-0.3, -0.25) is 5.41 Å². The van der Waals surface area contributed by atoms with Crippen molar-refractivity contribution in [1.82, 2.24) is 0 Å². The van der Waals surface area contributed by atoms with Crippen LogP contribution in [0.1, 0.15) is 15.2 Å². The van der Waals surface area contributed by atoms with Crippen molar-refractivity contribution in [3.05, 3.63) is 46.2 Å². The van der Waals surface area contributed by atoms with Crippen molar-refractivity contribution < 1.29 is 14.3 Å². The van der Waals surface area contributed by atoms with Gasteiger partial charge in [0.15, 0.2) is 0 Å². The van der Waals surface area contributed by atoms with E-state index in [9.17, 15) is 4.79 Å². The van der Waals surface area contributed by atoms with Crippen LogP contribution < -0.4 is 10.1 Å². The third-order valence-electron chi connectivity index (χ3n) is 2.84. The van der Waals surface area contributed by atoms with Crippen LogP contribution in [0, 0.1) is 5.41 Å². The Labute approximate surface area is 127 Å². The van der Waals surface area contributed by atoms with Crippen molar-refractivity contribution in [2.75, 3.05) is 19.5 Å². The van der Waals surface area contributed by atoms with Crippen molar-refractivity contribution >= 4 is 28.8 Å². The molecular formula is C15H16N2O3S. The molecule has 0 saturated carbocycles. The molecule has 0 atom stereocenters. The molecule has 0 unspecified atom stereocenters. The third kappa shape index (κ3) is 3.82. The van der Waals surface area contributed by atoms with E-state index >= 15 is 0 Å². The number of amidine groups is 1. The number of esters is 1. The Morgan fingerprint density at radius 1 is 1.33 bits per heavy atom. The van der Waals surface area contributed by atoms with Gasteiger partial charge in [0.1, 0.15) is 11.6 Å². The quantitative estimate of drug-likeness (QED) is 0.505. The fourth-order valence-corrected chi connectivity index (χ4v) is 2.56. The highest BCUT2D eigenvalue weighted by atomic mass is 32.1. The summed E-state index contributed by atoms with van der Waals surface area (Å²) in [5.41, 5.74) is 0.978. The summed E-state index contributed by atoms with van der Waals surface area (Å²) < 4.78 is 9.94. The van der Waals surface area contributed by atoms with Crippen molar-refractivity contribution in [2.45, 2.75) is 6.42 Å². The first-order valence-electron chi connectivity index (χ1n) is 6.27. The molecule has 1 aromatic heterocycles. The molecule has 110 valence electrons. The monoisotopic (exact) mass is 304 g/mol. The Balaban J connectivity index is 2.16. The first-order chi connectivity index (χ1) is 10.1. The topological polar surface area (TPSA) is 71.4 Å². The predicted octanol–water partition coefficient (Wildman–Crippen LogP) is 3.18. The van der Waals surface area contributed by atoms with Gasteiger partial charge in [-0.05, 0) is 29.6 Å². The molecule has 0 radical (unpaired) electrons. The Bertz CT molecular complexity index is 638. The van der Waals surface area contributed by atoms with Crippen molar-refractivity contribution in [1.29, 1.82) is 5.41 Å². The molecule has 1 heterocycles. The lowest BCUT2D eigenvalue weighted by Gasteiger charge is -2.12. The molecule has 0 aliphatic carbocycles. The zero-order valence-electron chi connectivity index (χ0n) is 11.8. The molecule has 21 heavy (non-hydrogen) atoms. The Morgan fingerprint density at radius 3 is 2.76 bits per heavy atom. The molecule has 2 N–H and O–H groups in total. The van der Waals surface area contributed by atoms with Gasteiger partial charge in [-0.15, -0.1) is 11.3 Å². The minimum Gasteiger partial charge on any atom is -0.495 e. The maximum absolute atomic E-state index is 11.6. The summed E-state index contributed by atoms with van der Waals surface area (Å²) in [5, 5.41) is 13.0. The minimum absolute atomic E-state index is 0.331. The molecule has 0 amide bonds. The lowest BCUT2D eigenvalue weighted by Crippen LogP contribution is -2.14. The summed E-state index contributed by atoms with van der Waals surface area (Å²) in [4.78, 5) is 12.7. The van der Waals surface area contributed by atoms with E-state index in [1.165, 1.54) is 7.11 Å². The van der Waals surface area contributed by atoms with Gasteiger partial charge in [0.05, 0.1) is 25.5 Å². The zero-order chi connectivity index (χ0) is 15.2. The number of carbonyl (C=O) groups excluding carboxylic acids is 1. The standard InChI is InChI=1S/C15H16N2O3S/c1-19-13-6-5-10(15(18)20-2)8-12(13)17-14(16)9-11-4-3-7-21-11/h3-8H,9H2,1-2H3,(H2,16,17). The maximum atomic E-state index is 11.6. The molecule has 1 aromatic carbocycles. The summed E-state index contributed by atoms with van der Waals surface area (Å²) in [5.74, 6) is 0.474. The fraction of sp³-hybridized carbons (Fsp3) is 0.200. The molecular weight excluding hydrogens is 288 g/mol. The Morgan fingerprint density at radius 2 is 2.14 bits per heavy atom. The Hall–Kier alpha value is -2.34. The molecule has 0 saturated heterocycles. The van der Waals surface area contributed by atoms with Crippen LogP contribution in [0.5, 0.6) is 5.75 Å². The number of rotatable bonds is 5. The van der Waals surface area contributed by atoms with Crippen LogP contribution in [0.4, 0.5) is 5.69 Å². The highest BCUT2D eigenvalue weighted by Gasteiger charge is 2.11. The molecule has 6 heteroatoms. The van der Waals surface area contributed by atoms with Gasteiger partial charge in [0.2, 0.25) is 0 Å². The molecule has 5 nitrogen and oxygen atoms in total. The van der Waals surface area contributed by atoms with E-state index in [-0.39, 0.29) is 0 Å². The number of benzene rings is 1. The summed E-state index contributed by atoms with van der Waals surface area (Å²) in [7, 11) is 2.87. The van der Waals surface area contributed by atoms with E-state index in [0.29, 0.717) is 29.3 Å². The van der Waals surface area contributed by atoms with Crippen LogP contribution in [0.3, 0.4) is 0 Å². The number of anilines is 1. The van der Waals surface area contributed by atoms with E-state index in [4.69, 9.17) is 14.9 Å². The molecule has 0 aliphatic heterocycles. The van der Waals surface area contributed by atoms with Gasteiger partial charge in [-0.1, -0.05) is 6.07 Å². The second-order valence-electron chi connectivity index (χ2n) is 4.27. The molecule has 0 fully saturated rings. The van der Waals surface area contributed by atoms with Crippen LogP contribution in [0.25, 0.3) is 0 Å². The molecule has 2 rings (SSSR count). The minimum atomic E-state index is -0.425. The van der Waals surface area contributed by atoms with Crippen molar-refractivity contribution in [3.8, 4) is 5.75 Å². The molecule has 0 bridgehead atoms. The summed E-state index contributed by atoms with van der Waals surface area (Å²) in [6, 6.07) is 8.84. The lowest BCUT2D eigenvalue weighted by molar-refractivity contribution is 0.0601. The average molecular weight is 304 g/mol. The van der Waals surface area contributed by atoms with E-state index in [1.54, 1.807) is 36.6 Å². The van der Waals surface area contributed by atoms with Gasteiger partial charge in [0, 0.05) is 11.3 Å². The summed E-state index contributed by atoms with van der Waals surface area (Å²) in [6.07, 6.45) is 0.503. The normalized spacial score (nSPS) is 10.0. The van der Waals surface area contributed by atoms with Crippen molar-refractivity contribution in [3.63, 3.8) is 0 Å². The van der Waals surface area contributed by atoms with Crippen LogP contribution in [0.15, 0.2) is 35.7 Å². The van der Waals surface area contributed by atoms with E-state index in [2.05, 4.69) is 5.32 Å². The van der Waals surface area contributed by atoms with E-state index in [0.717, 1.165) is 4.88 Å². The van der Waals surface area contributed by atoms with Crippen LogP contribution >= 0.6 is 11.3 Å². The maximum Gasteiger partial charge on any atom is 0.337 e. The first kappa shape index (κ1) is 15.1. The number of nitrogens with one attached hydrogen (secondary N) is 2. The molecule has 0 spiro atoms. The highest BCUT2D eigenvalue weighted by Crippen LogP contribution is 2.26. The predicted molar refractivity (Wildman–Crippen MR) is 83.7 cm³/mol. The molecule has 0 aliphatic rings. The summed E-state index contributed by atoms with van der Waals surface area (Å²) in [6.45, 7) is 0. The van der Waals surface area contributed by atoms with Gasteiger partial charge in [-0.2, -0.15) is 0 Å². The van der Waals surface area contributed by atoms with Gasteiger partial charge in [-0.25, -0.2) is 4.79 Å². The Kier molecular flexibility index (Phi) is 4.94. The van der Waals surface area contributed by atoms with Gasteiger partial charge < -0.3 is 14.8 Å². The van der Waals surface area contributed by atoms with Gasteiger partial charge >= 0.3 is 5.97 Å². The second kappa shape index (κ2) is 6.90. The number of hydrogen-bond donors (Lipinski definition) is 2. The largest absolute Gasteiger partial charge is 0.495 e.